The van der Waals surface area contributed by atoms with Crippen molar-refractivity contribution in [3.05, 3.63) is 108 Å². The first kappa shape index (κ1) is 21.3. The molecule has 3 aromatic rings. The third-order valence-electron chi connectivity index (χ3n) is 4.65. The first-order chi connectivity index (χ1) is 14.3. The Morgan fingerprint density at radius 3 is 1.83 bits per heavy atom. The molecule has 0 saturated heterocycles. The third-order valence-corrected chi connectivity index (χ3v) is 4.65. The zero-order chi connectivity index (χ0) is 21.6. The van der Waals surface area contributed by atoms with Crippen LogP contribution >= 0.6 is 0 Å². The molecule has 4 nitrogen and oxygen atoms in total. The predicted octanol–water partition coefficient (Wildman–Crippen LogP) is 4.99. The van der Waals surface area contributed by atoms with Crippen LogP contribution in [-0.2, 0) is 11.3 Å². The van der Waals surface area contributed by atoms with Crippen LogP contribution in [0.2, 0.25) is 0 Å². The maximum absolute atomic E-state index is 13.6. The van der Waals surface area contributed by atoms with Gasteiger partial charge in [-0.3, -0.25) is 9.59 Å². The van der Waals surface area contributed by atoms with E-state index in [2.05, 4.69) is 5.32 Å². The van der Waals surface area contributed by atoms with E-state index in [9.17, 15) is 9.59 Å². The monoisotopic (exact) mass is 400 g/mol. The second-order valence-corrected chi connectivity index (χ2v) is 8.34. The Morgan fingerprint density at radius 1 is 0.800 bits per heavy atom. The van der Waals surface area contributed by atoms with Gasteiger partial charge in [0.15, 0.2) is 0 Å². The average Bonchev–Trinajstić information content (AvgIpc) is 2.73. The van der Waals surface area contributed by atoms with Crippen molar-refractivity contribution in [1.29, 1.82) is 0 Å². The van der Waals surface area contributed by atoms with Crippen molar-refractivity contribution in [3.63, 3.8) is 0 Å². The highest BCUT2D eigenvalue weighted by Crippen LogP contribution is 2.26. The summed E-state index contributed by atoms with van der Waals surface area (Å²) in [4.78, 5) is 28.7. The van der Waals surface area contributed by atoms with Gasteiger partial charge in [0, 0.05) is 17.6 Å². The number of carbonyl (C=O) groups is 2. The van der Waals surface area contributed by atoms with Gasteiger partial charge >= 0.3 is 0 Å². The summed E-state index contributed by atoms with van der Waals surface area (Å²) in [7, 11) is 0. The highest BCUT2D eigenvalue weighted by atomic mass is 16.2. The van der Waals surface area contributed by atoms with E-state index in [-0.39, 0.29) is 11.8 Å². The van der Waals surface area contributed by atoms with Crippen molar-refractivity contribution >= 4 is 11.8 Å². The second-order valence-electron chi connectivity index (χ2n) is 8.34. The number of hydrogen-bond acceptors (Lipinski definition) is 2. The second kappa shape index (κ2) is 9.40. The predicted molar refractivity (Wildman–Crippen MR) is 120 cm³/mol. The van der Waals surface area contributed by atoms with Gasteiger partial charge in [-0.2, -0.15) is 0 Å². The topological polar surface area (TPSA) is 49.4 Å². The molecule has 4 heteroatoms. The van der Waals surface area contributed by atoms with Crippen molar-refractivity contribution in [2.75, 3.05) is 0 Å². The fraction of sp³-hybridized carbons (Fsp3) is 0.231. The van der Waals surface area contributed by atoms with E-state index in [1.54, 1.807) is 17.0 Å². The summed E-state index contributed by atoms with van der Waals surface area (Å²) in [5.74, 6) is -0.383. The Morgan fingerprint density at radius 2 is 1.30 bits per heavy atom. The molecule has 3 rings (SSSR count). The van der Waals surface area contributed by atoms with Gasteiger partial charge in [0.1, 0.15) is 6.04 Å². The normalized spacial score (nSPS) is 12.1. The van der Waals surface area contributed by atoms with Crippen molar-refractivity contribution in [3.8, 4) is 0 Å². The summed E-state index contributed by atoms with van der Waals surface area (Å²) in [5.41, 5.74) is 1.88. The van der Waals surface area contributed by atoms with E-state index in [1.165, 1.54) is 0 Å². The van der Waals surface area contributed by atoms with Crippen molar-refractivity contribution < 1.29 is 9.59 Å². The Kier molecular flexibility index (Phi) is 6.68. The van der Waals surface area contributed by atoms with Gasteiger partial charge in [-0.25, -0.2) is 0 Å². The average molecular weight is 401 g/mol. The first-order valence-corrected chi connectivity index (χ1v) is 10.1. The van der Waals surface area contributed by atoms with Crippen molar-refractivity contribution in [1.82, 2.24) is 10.2 Å². The lowest BCUT2D eigenvalue weighted by Gasteiger charge is -2.34. The zero-order valence-electron chi connectivity index (χ0n) is 17.7. The molecule has 0 heterocycles. The zero-order valence-corrected chi connectivity index (χ0v) is 17.7. The minimum atomic E-state index is -0.752. The summed E-state index contributed by atoms with van der Waals surface area (Å²) in [6.45, 7) is 6.14. The van der Waals surface area contributed by atoms with Crippen LogP contribution in [0.1, 0.15) is 48.3 Å². The Hall–Kier alpha value is -3.40. The smallest absolute Gasteiger partial charge is 0.255 e. The molecule has 1 N–H and O–H groups in total. The number of rotatable bonds is 6. The highest BCUT2D eigenvalue weighted by molar-refractivity contribution is 5.98. The van der Waals surface area contributed by atoms with Gasteiger partial charge in [0.2, 0.25) is 5.91 Å². The van der Waals surface area contributed by atoms with Gasteiger partial charge in [0.05, 0.1) is 0 Å². The fourth-order valence-corrected chi connectivity index (χ4v) is 3.35. The molecule has 0 aliphatic carbocycles. The van der Waals surface area contributed by atoms with Crippen LogP contribution in [0.5, 0.6) is 0 Å². The number of nitrogens with one attached hydrogen (secondary N) is 1. The number of nitrogens with zero attached hydrogens (tertiary/aromatic N) is 1. The summed E-state index contributed by atoms with van der Waals surface area (Å²) in [6, 6.07) is 27.6. The maximum atomic E-state index is 13.6. The van der Waals surface area contributed by atoms with Crippen molar-refractivity contribution in [2.45, 2.75) is 38.9 Å². The number of carbonyl (C=O) groups excluding carboxylic acids is 2. The van der Waals surface area contributed by atoms with Crippen LogP contribution in [0, 0.1) is 0 Å². The van der Waals surface area contributed by atoms with Gasteiger partial charge in [0.25, 0.3) is 5.91 Å². The molecule has 0 saturated carbocycles. The van der Waals surface area contributed by atoms with Gasteiger partial charge in [-0.1, -0.05) is 78.9 Å². The summed E-state index contributed by atoms with van der Waals surface area (Å²) in [5, 5.41) is 3.06. The number of benzene rings is 3. The molecule has 0 aromatic heterocycles. The molecular formula is C26H28N2O2. The minimum absolute atomic E-state index is 0.183. The number of hydrogen-bond donors (Lipinski definition) is 1. The van der Waals surface area contributed by atoms with Crippen LogP contribution < -0.4 is 5.32 Å². The summed E-state index contributed by atoms with van der Waals surface area (Å²) < 4.78 is 0. The maximum Gasteiger partial charge on any atom is 0.255 e. The molecule has 0 fully saturated rings. The van der Waals surface area contributed by atoms with Crippen LogP contribution in [0.4, 0.5) is 0 Å². The fourth-order valence-electron chi connectivity index (χ4n) is 3.35. The highest BCUT2D eigenvalue weighted by Gasteiger charge is 2.33. The Labute approximate surface area is 178 Å². The summed E-state index contributed by atoms with van der Waals surface area (Å²) in [6.07, 6.45) is 0. The third kappa shape index (κ3) is 5.57. The molecule has 0 bridgehead atoms. The quantitative estimate of drug-likeness (QED) is 0.634. The molecule has 0 radical (unpaired) electrons. The molecule has 30 heavy (non-hydrogen) atoms. The van der Waals surface area contributed by atoms with Crippen LogP contribution in [0.3, 0.4) is 0 Å². The molecule has 154 valence electrons. The van der Waals surface area contributed by atoms with Gasteiger partial charge < -0.3 is 10.2 Å². The van der Waals surface area contributed by atoms with E-state index in [1.807, 2.05) is 99.6 Å². The van der Waals surface area contributed by atoms with Gasteiger partial charge in [-0.05, 0) is 44.0 Å². The van der Waals surface area contributed by atoms with E-state index < -0.39 is 11.6 Å². The largest absolute Gasteiger partial charge is 0.349 e. The van der Waals surface area contributed by atoms with Gasteiger partial charge in [-0.15, -0.1) is 0 Å². The lowest BCUT2D eigenvalue weighted by molar-refractivity contribution is -0.127. The molecule has 0 aliphatic rings. The molecule has 2 amide bonds. The minimum Gasteiger partial charge on any atom is -0.349 e. The summed E-state index contributed by atoms with van der Waals surface area (Å²) >= 11 is 0. The van der Waals surface area contributed by atoms with E-state index in [0.717, 1.165) is 11.1 Å². The Bertz CT molecular complexity index is 964. The number of amides is 2. The van der Waals surface area contributed by atoms with E-state index in [4.69, 9.17) is 0 Å². The molecule has 3 aromatic carbocycles. The Balaban J connectivity index is 2.07. The molecular weight excluding hydrogens is 372 g/mol. The lowest BCUT2D eigenvalue weighted by Crippen LogP contribution is -2.49. The molecule has 0 spiro atoms. The standard InChI is InChI=1S/C26H28N2O2/c1-26(2,3)27-24(29)23(21-15-9-5-10-16-21)28(19-20-13-7-4-8-14-20)25(30)22-17-11-6-12-18-22/h4-18,23H,19H2,1-3H3,(H,27,29). The van der Waals surface area contributed by atoms with Crippen LogP contribution in [0.25, 0.3) is 0 Å². The van der Waals surface area contributed by atoms with Crippen LogP contribution in [-0.4, -0.2) is 22.3 Å². The van der Waals surface area contributed by atoms with Crippen molar-refractivity contribution in [2.24, 2.45) is 0 Å². The van der Waals surface area contributed by atoms with Crippen LogP contribution in [0.15, 0.2) is 91.0 Å². The van der Waals surface area contributed by atoms with E-state index >= 15 is 0 Å². The molecule has 1 atom stereocenters. The lowest BCUT2D eigenvalue weighted by atomic mass is 10.00. The SMILES string of the molecule is CC(C)(C)NC(=O)C(c1ccccc1)N(Cc1ccccc1)C(=O)c1ccccc1. The molecule has 0 aliphatic heterocycles. The first-order valence-electron chi connectivity index (χ1n) is 10.1. The molecule has 1 unspecified atom stereocenters. The van der Waals surface area contributed by atoms with E-state index in [0.29, 0.717) is 12.1 Å².